The van der Waals surface area contributed by atoms with Crippen LogP contribution in [-0.2, 0) is 9.59 Å². The number of carbonyl (C=O) groups excluding carboxylic acids is 2. The van der Waals surface area contributed by atoms with Crippen molar-refractivity contribution in [3.63, 3.8) is 0 Å². The zero-order chi connectivity index (χ0) is 19.1. The SMILES string of the molecule is CC(C)CC(=O)C1=C(O)C(=O)N(c2nc3ccccc3[nH]2)C1c1ccco1. The predicted molar refractivity (Wildman–Crippen MR) is 99.1 cm³/mol. The number of anilines is 1. The van der Waals surface area contributed by atoms with Crippen molar-refractivity contribution in [2.75, 3.05) is 4.90 Å². The number of imidazole rings is 1. The van der Waals surface area contributed by atoms with Crippen LogP contribution in [0.2, 0.25) is 0 Å². The number of H-pyrrole nitrogens is 1. The standard InChI is InChI=1S/C20H19N3O4/c1-11(2)10-14(24)16-17(15-8-5-9-27-15)23(19(26)18(16)25)20-21-12-6-3-4-7-13(12)22-20/h3-9,11,17,25H,10H2,1-2H3,(H,21,22). The molecule has 7 heteroatoms. The lowest BCUT2D eigenvalue weighted by Crippen LogP contribution is -2.31. The van der Waals surface area contributed by atoms with Crippen molar-refractivity contribution in [1.29, 1.82) is 0 Å². The van der Waals surface area contributed by atoms with Crippen molar-refractivity contribution in [3.05, 3.63) is 59.8 Å². The number of carbonyl (C=O) groups is 2. The summed E-state index contributed by atoms with van der Waals surface area (Å²) in [5.41, 5.74) is 1.48. The molecule has 0 aliphatic carbocycles. The number of fused-ring (bicyclic) bond motifs is 1. The van der Waals surface area contributed by atoms with E-state index in [2.05, 4.69) is 9.97 Å². The van der Waals surface area contributed by atoms with Crippen molar-refractivity contribution in [3.8, 4) is 0 Å². The van der Waals surface area contributed by atoms with E-state index >= 15 is 0 Å². The van der Waals surface area contributed by atoms with Gasteiger partial charge in [-0.3, -0.25) is 14.5 Å². The summed E-state index contributed by atoms with van der Waals surface area (Å²) in [5.74, 6) is -0.784. The van der Waals surface area contributed by atoms with Gasteiger partial charge in [-0.2, -0.15) is 0 Å². The molecule has 1 aromatic carbocycles. The number of para-hydroxylation sites is 2. The molecule has 3 aromatic rings. The number of nitrogens with zero attached hydrogens (tertiary/aromatic N) is 2. The quantitative estimate of drug-likeness (QED) is 0.719. The van der Waals surface area contributed by atoms with Crippen LogP contribution in [0.1, 0.15) is 32.1 Å². The van der Waals surface area contributed by atoms with Gasteiger partial charge in [0.25, 0.3) is 5.91 Å². The van der Waals surface area contributed by atoms with Gasteiger partial charge in [0.15, 0.2) is 11.5 Å². The van der Waals surface area contributed by atoms with Crippen LogP contribution in [0.5, 0.6) is 0 Å². The van der Waals surface area contributed by atoms with Gasteiger partial charge in [0.2, 0.25) is 5.95 Å². The summed E-state index contributed by atoms with van der Waals surface area (Å²) in [7, 11) is 0. The number of benzene rings is 1. The Bertz CT molecular complexity index is 1010. The lowest BCUT2D eigenvalue weighted by Gasteiger charge is -2.22. The van der Waals surface area contributed by atoms with E-state index in [0.29, 0.717) is 11.3 Å². The van der Waals surface area contributed by atoms with E-state index in [1.54, 1.807) is 12.1 Å². The summed E-state index contributed by atoms with van der Waals surface area (Å²) in [6.07, 6.45) is 1.69. The first-order valence-electron chi connectivity index (χ1n) is 8.75. The first-order chi connectivity index (χ1) is 13.0. The van der Waals surface area contributed by atoms with E-state index in [4.69, 9.17) is 4.42 Å². The van der Waals surface area contributed by atoms with Crippen molar-refractivity contribution >= 4 is 28.7 Å². The van der Waals surface area contributed by atoms with Crippen LogP contribution >= 0.6 is 0 Å². The van der Waals surface area contributed by atoms with Gasteiger partial charge in [-0.05, 0) is 30.2 Å². The molecule has 2 N–H and O–H groups in total. The van der Waals surface area contributed by atoms with Crippen LogP contribution in [0.4, 0.5) is 5.95 Å². The zero-order valence-electron chi connectivity index (χ0n) is 15.0. The highest BCUT2D eigenvalue weighted by molar-refractivity contribution is 6.16. The van der Waals surface area contributed by atoms with E-state index < -0.39 is 17.7 Å². The number of ketones is 1. The fourth-order valence-corrected chi connectivity index (χ4v) is 3.36. The summed E-state index contributed by atoms with van der Waals surface area (Å²) in [5, 5.41) is 10.5. The molecule has 3 heterocycles. The third-order valence-corrected chi connectivity index (χ3v) is 4.52. The van der Waals surface area contributed by atoms with Gasteiger partial charge >= 0.3 is 0 Å². The number of hydrogen-bond acceptors (Lipinski definition) is 5. The summed E-state index contributed by atoms with van der Waals surface area (Å²) < 4.78 is 5.49. The van der Waals surface area contributed by atoms with E-state index in [0.717, 1.165) is 5.52 Å². The van der Waals surface area contributed by atoms with Crippen molar-refractivity contribution in [2.45, 2.75) is 26.3 Å². The topological polar surface area (TPSA) is 99.4 Å². The first-order valence-corrected chi connectivity index (χ1v) is 8.75. The number of amides is 1. The Morgan fingerprint density at radius 2 is 2.07 bits per heavy atom. The molecule has 0 saturated heterocycles. The number of aromatic nitrogens is 2. The second kappa shape index (κ2) is 6.42. The second-order valence-corrected chi connectivity index (χ2v) is 6.95. The molecule has 0 fully saturated rings. The number of hydrogen-bond donors (Lipinski definition) is 2. The van der Waals surface area contributed by atoms with Gasteiger partial charge in [0.1, 0.15) is 11.8 Å². The summed E-state index contributed by atoms with van der Waals surface area (Å²) >= 11 is 0. The fourth-order valence-electron chi connectivity index (χ4n) is 3.36. The number of nitrogens with one attached hydrogen (secondary N) is 1. The van der Waals surface area contributed by atoms with Gasteiger partial charge in [-0.1, -0.05) is 26.0 Å². The van der Waals surface area contributed by atoms with Crippen molar-refractivity contribution in [1.82, 2.24) is 9.97 Å². The lowest BCUT2D eigenvalue weighted by molar-refractivity contribution is -0.118. The van der Waals surface area contributed by atoms with Gasteiger partial charge < -0.3 is 14.5 Å². The molecule has 1 amide bonds. The van der Waals surface area contributed by atoms with Crippen LogP contribution in [0, 0.1) is 5.92 Å². The third kappa shape index (κ3) is 2.81. The Morgan fingerprint density at radius 3 is 2.74 bits per heavy atom. The fraction of sp³-hybridized carbons (Fsp3) is 0.250. The van der Waals surface area contributed by atoms with Crippen LogP contribution in [0.15, 0.2) is 58.4 Å². The summed E-state index contributed by atoms with van der Waals surface area (Å²) in [6.45, 7) is 3.82. The Balaban J connectivity index is 1.84. The number of furan rings is 1. The van der Waals surface area contributed by atoms with Gasteiger partial charge in [-0.15, -0.1) is 0 Å². The van der Waals surface area contributed by atoms with Crippen molar-refractivity contribution < 1.29 is 19.1 Å². The first kappa shape index (κ1) is 17.1. The average molecular weight is 365 g/mol. The molecule has 1 unspecified atom stereocenters. The van der Waals surface area contributed by atoms with Crippen LogP contribution in [-0.4, -0.2) is 26.8 Å². The van der Waals surface area contributed by atoms with Crippen LogP contribution in [0.25, 0.3) is 11.0 Å². The second-order valence-electron chi connectivity index (χ2n) is 6.95. The van der Waals surface area contributed by atoms with Crippen LogP contribution < -0.4 is 4.90 Å². The molecule has 138 valence electrons. The molecule has 2 aromatic heterocycles. The number of aliphatic hydroxyl groups excluding tert-OH is 1. The Kier molecular flexibility index (Phi) is 4.07. The zero-order valence-corrected chi connectivity index (χ0v) is 15.0. The molecule has 0 bridgehead atoms. The molecule has 0 saturated carbocycles. The molecule has 1 aliphatic heterocycles. The van der Waals surface area contributed by atoms with E-state index in [9.17, 15) is 14.7 Å². The van der Waals surface area contributed by atoms with E-state index in [-0.39, 0.29) is 29.6 Å². The van der Waals surface area contributed by atoms with Crippen molar-refractivity contribution in [2.24, 2.45) is 5.92 Å². The Morgan fingerprint density at radius 1 is 1.30 bits per heavy atom. The number of Topliss-reactive ketones (excluding diaryl/α,β-unsaturated/α-hetero) is 1. The van der Waals surface area contributed by atoms with Crippen LogP contribution in [0.3, 0.4) is 0 Å². The molecule has 0 radical (unpaired) electrons. The highest BCUT2D eigenvalue weighted by Crippen LogP contribution is 2.41. The largest absolute Gasteiger partial charge is 0.503 e. The molecular weight excluding hydrogens is 346 g/mol. The minimum atomic E-state index is -0.862. The molecular formula is C20H19N3O4. The summed E-state index contributed by atoms with van der Waals surface area (Å²) in [4.78, 5) is 34.5. The maximum atomic E-state index is 12.9. The summed E-state index contributed by atoms with van der Waals surface area (Å²) in [6, 6.07) is 9.84. The van der Waals surface area contributed by atoms with Gasteiger partial charge in [-0.25, -0.2) is 4.98 Å². The maximum Gasteiger partial charge on any atom is 0.296 e. The smallest absolute Gasteiger partial charge is 0.296 e. The lowest BCUT2D eigenvalue weighted by atomic mass is 9.95. The molecule has 4 rings (SSSR count). The highest BCUT2D eigenvalue weighted by atomic mass is 16.3. The maximum absolute atomic E-state index is 12.9. The molecule has 7 nitrogen and oxygen atoms in total. The average Bonchev–Trinajstić information content (AvgIpc) is 3.33. The third-order valence-electron chi connectivity index (χ3n) is 4.52. The number of aliphatic hydroxyl groups is 1. The van der Waals surface area contributed by atoms with E-state index in [1.807, 2.05) is 38.1 Å². The highest BCUT2D eigenvalue weighted by Gasteiger charge is 2.46. The number of rotatable bonds is 5. The normalized spacial score (nSPS) is 17.5. The van der Waals surface area contributed by atoms with E-state index in [1.165, 1.54) is 11.2 Å². The molecule has 1 aliphatic rings. The van der Waals surface area contributed by atoms with Gasteiger partial charge in [0.05, 0.1) is 22.9 Å². The molecule has 0 spiro atoms. The minimum Gasteiger partial charge on any atom is -0.503 e. The Labute approximate surface area is 155 Å². The van der Waals surface area contributed by atoms with Gasteiger partial charge in [0, 0.05) is 6.42 Å². The minimum absolute atomic E-state index is 0.0455. The number of aromatic amines is 1. The predicted octanol–water partition coefficient (Wildman–Crippen LogP) is 3.67. The monoisotopic (exact) mass is 365 g/mol. The molecule has 1 atom stereocenters. The Hall–Kier alpha value is -3.35. The molecule has 27 heavy (non-hydrogen) atoms.